The summed E-state index contributed by atoms with van der Waals surface area (Å²) in [5, 5.41) is 6.26. The molecule has 2 aromatic heterocycles. The summed E-state index contributed by atoms with van der Waals surface area (Å²) in [7, 11) is 0. The molecule has 3 heterocycles. The average Bonchev–Trinajstić information content (AvgIpc) is 3.11. The first kappa shape index (κ1) is 18.8. The molecular formula is C18H22N4O5. The molecule has 0 radical (unpaired) electrons. The van der Waals surface area contributed by atoms with Crippen molar-refractivity contribution in [3.8, 4) is 0 Å². The van der Waals surface area contributed by atoms with Crippen LogP contribution in [0.5, 0.6) is 0 Å². The van der Waals surface area contributed by atoms with E-state index in [0.29, 0.717) is 25.4 Å². The highest BCUT2D eigenvalue weighted by Gasteiger charge is 2.23. The SMILES string of the molecule is CCC(OC(=O)c1ccc(N2CCOCC2)nc1)C(=O)Nc1cc(C)on1. The number of carbonyl (C=O) groups is 2. The summed E-state index contributed by atoms with van der Waals surface area (Å²) in [5.74, 6) is 0.567. The summed E-state index contributed by atoms with van der Waals surface area (Å²) in [6.45, 7) is 6.30. The maximum atomic E-state index is 12.4. The zero-order valence-electron chi connectivity index (χ0n) is 15.3. The Bertz CT molecular complexity index is 783. The molecule has 0 bridgehead atoms. The van der Waals surface area contributed by atoms with Crippen LogP contribution >= 0.6 is 0 Å². The van der Waals surface area contributed by atoms with Gasteiger partial charge in [0, 0.05) is 25.4 Å². The van der Waals surface area contributed by atoms with Gasteiger partial charge in [0.15, 0.2) is 11.9 Å². The smallest absolute Gasteiger partial charge is 0.340 e. The van der Waals surface area contributed by atoms with Gasteiger partial charge in [0.05, 0.1) is 18.8 Å². The van der Waals surface area contributed by atoms with E-state index in [1.54, 1.807) is 32.0 Å². The van der Waals surface area contributed by atoms with Crippen LogP contribution in [0.1, 0.15) is 29.5 Å². The second-order valence-corrected chi connectivity index (χ2v) is 6.12. The summed E-state index contributed by atoms with van der Waals surface area (Å²) < 4.78 is 15.5. The van der Waals surface area contributed by atoms with Gasteiger partial charge in [0.1, 0.15) is 11.6 Å². The van der Waals surface area contributed by atoms with Crippen molar-refractivity contribution in [2.75, 3.05) is 36.5 Å². The molecule has 1 fully saturated rings. The summed E-state index contributed by atoms with van der Waals surface area (Å²) in [4.78, 5) is 31.0. The van der Waals surface area contributed by atoms with Crippen LogP contribution in [0.3, 0.4) is 0 Å². The van der Waals surface area contributed by atoms with E-state index in [2.05, 4.69) is 20.4 Å². The predicted molar refractivity (Wildman–Crippen MR) is 96.6 cm³/mol. The van der Waals surface area contributed by atoms with Crippen LogP contribution < -0.4 is 10.2 Å². The first-order chi connectivity index (χ1) is 13.1. The van der Waals surface area contributed by atoms with Crippen molar-refractivity contribution in [1.29, 1.82) is 0 Å². The molecule has 1 saturated heterocycles. The van der Waals surface area contributed by atoms with Crippen molar-refractivity contribution in [1.82, 2.24) is 10.1 Å². The number of carbonyl (C=O) groups excluding carboxylic acids is 2. The molecule has 1 amide bonds. The molecule has 1 aliphatic rings. The van der Waals surface area contributed by atoms with Crippen LogP contribution in [-0.2, 0) is 14.3 Å². The number of ether oxygens (including phenoxy) is 2. The minimum Gasteiger partial charge on any atom is -0.449 e. The molecule has 0 spiro atoms. The Morgan fingerprint density at radius 3 is 2.70 bits per heavy atom. The zero-order chi connectivity index (χ0) is 19.2. The molecule has 1 N–H and O–H groups in total. The van der Waals surface area contributed by atoms with E-state index < -0.39 is 18.0 Å². The maximum absolute atomic E-state index is 12.4. The van der Waals surface area contributed by atoms with Gasteiger partial charge >= 0.3 is 5.97 Å². The van der Waals surface area contributed by atoms with Gasteiger partial charge in [-0.15, -0.1) is 0 Å². The van der Waals surface area contributed by atoms with Crippen molar-refractivity contribution in [2.45, 2.75) is 26.4 Å². The number of aryl methyl sites for hydroxylation is 1. The van der Waals surface area contributed by atoms with E-state index in [9.17, 15) is 9.59 Å². The average molecular weight is 374 g/mol. The summed E-state index contributed by atoms with van der Waals surface area (Å²) in [6, 6.07) is 4.99. The lowest BCUT2D eigenvalue weighted by Gasteiger charge is -2.27. The van der Waals surface area contributed by atoms with Gasteiger partial charge in [-0.05, 0) is 25.5 Å². The van der Waals surface area contributed by atoms with E-state index in [0.717, 1.165) is 18.9 Å². The largest absolute Gasteiger partial charge is 0.449 e. The molecular weight excluding hydrogens is 352 g/mol. The Kier molecular flexibility index (Phi) is 6.02. The van der Waals surface area contributed by atoms with Gasteiger partial charge in [-0.25, -0.2) is 9.78 Å². The molecule has 1 aliphatic heterocycles. The Morgan fingerprint density at radius 2 is 2.11 bits per heavy atom. The van der Waals surface area contributed by atoms with Gasteiger partial charge in [0.25, 0.3) is 5.91 Å². The second kappa shape index (κ2) is 8.63. The lowest BCUT2D eigenvalue weighted by Crippen LogP contribution is -2.36. The number of amides is 1. The lowest BCUT2D eigenvalue weighted by atomic mass is 10.2. The molecule has 9 nitrogen and oxygen atoms in total. The standard InChI is InChI=1S/C18H22N4O5/c1-3-14(17(23)20-15-10-12(2)27-21-15)26-18(24)13-4-5-16(19-11-13)22-6-8-25-9-7-22/h4-5,10-11,14H,3,6-9H2,1-2H3,(H,20,21,23). The third kappa shape index (κ3) is 4.82. The van der Waals surface area contributed by atoms with Crippen LogP contribution in [0.25, 0.3) is 0 Å². The fourth-order valence-electron chi connectivity index (χ4n) is 2.64. The van der Waals surface area contributed by atoms with E-state index >= 15 is 0 Å². The first-order valence-corrected chi connectivity index (χ1v) is 8.80. The molecule has 2 aromatic rings. The summed E-state index contributed by atoms with van der Waals surface area (Å²) >= 11 is 0. The monoisotopic (exact) mass is 374 g/mol. The Morgan fingerprint density at radius 1 is 1.33 bits per heavy atom. The highest BCUT2D eigenvalue weighted by molar-refractivity contribution is 5.97. The fourth-order valence-corrected chi connectivity index (χ4v) is 2.64. The van der Waals surface area contributed by atoms with Crippen molar-refractivity contribution < 1.29 is 23.6 Å². The topological polar surface area (TPSA) is 107 Å². The van der Waals surface area contributed by atoms with Crippen LogP contribution in [0, 0.1) is 6.92 Å². The van der Waals surface area contributed by atoms with Crippen LogP contribution in [0.4, 0.5) is 11.6 Å². The highest BCUT2D eigenvalue weighted by Crippen LogP contribution is 2.15. The van der Waals surface area contributed by atoms with Crippen LogP contribution in [-0.4, -0.2) is 54.4 Å². The van der Waals surface area contributed by atoms with Crippen molar-refractivity contribution in [3.05, 3.63) is 35.7 Å². The van der Waals surface area contributed by atoms with E-state index in [1.165, 1.54) is 6.20 Å². The zero-order valence-corrected chi connectivity index (χ0v) is 15.3. The Balaban J connectivity index is 1.59. The maximum Gasteiger partial charge on any atom is 0.340 e. The second-order valence-electron chi connectivity index (χ2n) is 6.12. The molecule has 144 valence electrons. The summed E-state index contributed by atoms with van der Waals surface area (Å²) in [5.41, 5.74) is 0.288. The third-order valence-corrected chi connectivity index (χ3v) is 4.11. The molecule has 1 unspecified atom stereocenters. The van der Waals surface area contributed by atoms with Gasteiger partial charge in [-0.1, -0.05) is 12.1 Å². The Hall–Kier alpha value is -2.94. The highest BCUT2D eigenvalue weighted by atomic mass is 16.5. The number of nitrogens with one attached hydrogen (secondary N) is 1. The van der Waals surface area contributed by atoms with E-state index in [4.69, 9.17) is 14.0 Å². The van der Waals surface area contributed by atoms with Gasteiger partial charge in [-0.3, -0.25) is 4.79 Å². The number of rotatable bonds is 6. The van der Waals surface area contributed by atoms with Crippen LogP contribution in [0.2, 0.25) is 0 Å². The van der Waals surface area contributed by atoms with Gasteiger partial charge in [-0.2, -0.15) is 0 Å². The van der Waals surface area contributed by atoms with E-state index in [-0.39, 0.29) is 11.4 Å². The first-order valence-electron chi connectivity index (χ1n) is 8.80. The normalized spacial score (nSPS) is 15.3. The van der Waals surface area contributed by atoms with Crippen molar-refractivity contribution in [3.63, 3.8) is 0 Å². The van der Waals surface area contributed by atoms with Gasteiger partial charge < -0.3 is 24.2 Å². The molecule has 9 heteroatoms. The number of aromatic nitrogens is 2. The van der Waals surface area contributed by atoms with Crippen LogP contribution in [0.15, 0.2) is 28.9 Å². The molecule has 1 atom stereocenters. The summed E-state index contributed by atoms with van der Waals surface area (Å²) in [6.07, 6.45) is 0.848. The minimum atomic E-state index is -0.937. The number of pyridine rings is 1. The number of hydrogen-bond donors (Lipinski definition) is 1. The van der Waals surface area contributed by atoms with E-state index in [1.807, 2.05) is 0 Å². The fraction of sp³-hybridized carbons (Fsp3) is 0.444. The number of anilines is 2. The third-order valence-electron chi connectivity index (χ3n) is 4.11. The minimum absolute atomic E-state index is 0.281. The quantitative estimate of drug-likeness (QED) is 0.763. The predicted octanol–water partition coefficient (Wildman–Crippen LogP) is 1.79. The Labute approximate surface area is 156 Å². The molecule has 27 heavy (non-hydrogen) atoms. The van der Waals surface area contributed by atoms with Crippen molar-refractivity contribution in [2.24, 2.45) is 0 Å². The number of nitrogens with zero attached hydrogens (tertiary/aromatic N) is 3. The molecule has 0 saturated carbocycles. The van der Waals surface area contributed by atoms with Gasteiger partial charge in [0.2, 0.25) is 0 Å². The number of hydrogen-bond acceptors (Lipinski definition) is 8. The molecule has 3 rings (SSSR count). The molecule has 0 aliphatic carbocycles. The van der Waals surface area contributed by atoms with Crippen molar-refractivity contribution >= 4 is 23.5 Å². The molecule has 0 aromatic carbocycles. The number of esters is 1. The number of morpholine rings is 1. The lowest BCUT2D eigenvalue weighted by molar-refractivity contribution is -0.124.